The van der Waals surface area contributed by atoms with E-state index in [1.54, 1.807) is 0 Å². The normalized spacial score (nSPS) is 18.9. The number of ether oxygens (including phenoxy) is 2. The zero-order valence-electron chi connectivity index (χ0n) is 20.8. The largest absolute Gasteiger partial charge is 0.492 e. The lowest BCUT2D eigenvalue weighted by Crippen LogP contribution is -2.37. The van der Waals surface area contributed by atoms with Gasteiger partial charge in [0.2, 0.25) is 0 Å². The van der Waals surface area contributed by atoms with Crippen LogP contribution in [-0.2, 0) is 19.5 Å². The lowest BCUT2D eigenvalue weighted by atomic mass is 9.96. The molecule has 0 amide bonds. The molecule has 6 nitrogen and oxygen atoms in total. The van der Waals surface area contributed by atoms with E-state index in [4.69, 9.17) is 21.1 Å². The van der Waals surface area contributed by atoms with Gasteiger partial charge in [0.25, 0.3) is 0 Å². The first-order valence-electron chi connectivity index (χ1n) is 12.5. The zero-order valence-corrected chi connectivity index (χ0v) is 21.5. The smallest absolute Gasteiger partial charge is 0.138 e. The maximum Gasteiger partial charge on any atom is 0.138 e. The van der Waals surface area contributed by atoms with Gasteiger partial charge in [-0.05, 0) is 68.1 Å². The molecule has 1 N–H and O–H groups in total. The van der Waals surface area contributed by atoms with Gasteiger partial charge in [-0.25, -0.2) is 4.98 Å². The van der Waals surface area contributed by atoms with Crippen molar-refractivity contribution >= 4 is 11.6 Å². The minimum atomic E-state index is -0.850. The fourth-order valence-corrected chi connectivity index (χ4v) is 4.75. The Kier molecular flexibility index (Phi) is 8.71. The van der Waals surface area contributed by atoms with Crippen molar-refractivity contribution in [3.8, 4) is 11.5 Å². The van der Waals surface area contributed by atoms with E-state index in [0.29, 0.717) is 30.2 Å². The molecule has 0 saturated carbocycles. The lowest BCUT2D eigenvalue weighted by molar-refractivity contribution is -0.0168. The first-order valence-corrected chi connectivity index (χ1v) is 12.9. The molecule has 0 radical (unpaired) electrons. The van der Waals surface area contributed by atoms with Gasteiger partial charge in [-0.2, -0.15) is 0 Å². The number of nitrogens with zero attached hydrogens (tertiary/aromatic N) is 3. The van der Waals surface area contributed by atoms with Crippen LogP contribution in [0.5, 0.6) is 11.5 Å². The van der Waals surface area contributed by atoms with Crippen LogP contribution in [0.25, 0.3) is 0 Å². The average Bonchev–Trinajstić information content (AvgIpc) is 3.23. The summed E-state index contributed by atoms with van der Waals surface area (Å²) in [5, 5.41) is 11.8. The maximum absolute atomic E-state index is 11.2. The van der Waals surface area contributed by atoms with Crippen molar-refractivity contribution < 1.29 is 14.6 Å². The molecule has 3 aromatic rings. The summed E-state index contributed by atoms with van der Waals surface area (Å²) in [6.45, 7) is 8.35. The maximum atomic E-state index is 11.2. The highest BCUT2D eigenvalue weighted by Crippen LogP contribution is 2.29. The molecule has 7 heteroatoms. The molecule has 1 atom stereocenters. The number of aryl methyl sites for hydroxylation is 2. The van der Waals surface area contributed by atoms with E-state index in [2.05, 4.69) is 33.5 Å². The van der Waals surface area contributed by atoms with E-state index in [0.717, 1.165) is 56.2 Å². The molecule has 0 unspecified atom stereocenters. The van der Waals surface area contributed by atoms with E-state index >= 15 is 0 Å². The van der Waals surface area contributed by atoms with Crippen LogP contribution in [0.1, 0.15) is 43.1 Å². The SMILES string of the molecule is CCc1nccn1CCOc1cccc(CN2CCC[C@@](O)(COc3cc(C)ccc3Cl)CC2)c1. The molecule has 35 heavy (non-hydrogen) atoms. The van der Waals surface area contributed by atoms with Crippen LogP contribution in [0.3, 0.4) is 0 Å². The fourth-order valence-electron chi connectivity index (χ4n) is 4.58. The predicted octanol–water partition coefficient (Wildman–Crippen LogP) is 5.28. The van der Waals surface area contributed by atoms with E-state index < -0.39 is 5.60 Å². The minimum absolute atomic E-state index is 0.254. The van der Waals surface area contributed by atoms with E-state index in [1.807, 2.05) is 49.6 Å². The number of imidazole rings is 1. The van der Waals surface area contributed by atoms with E-state index in [9.17, 15) is 5.11 Å². The average molecular weight is 498 g/mol. The van der Waals surface area contributed by atoms with Crippen molar-refractivity contribution in [3.05, 3.63) is 76.8 Å². The van der Waals surface area contributed by atoms with Gasteiger partial charge in [0.05, 0.1) is 17.2 Å². The molecule has 1 aromatic heterocycles. The highest BCUT2D eigenvalue weighted by Gasteiger charge is 2.31. The summed E-state index contributed by atoms with van der Waals surface area (Å²) in [6, 6.07) is 14.0. The molecule has 2 aromatic carbocycles. The van der Waals surface area contributed by atoms with Crippen molar-refractivity contribution in [2.75, 3.05) is 26.3 Å². The summed E-state index contributed by atoms with van der Waals surface area (Å²) in [7, 11) is 0. The Hall–Kier alpha value is -2.54. The predicted molar refractivity (Wildman–Crippen MR) is 139 cm³/mol. The zero-order chi connectivity index (χ0) is 24.7. The molecule has 1 aliphatic heterocycles. The molecule has 4 rings (SSSR count). The minimum Gasteiger partial charge on any atom is -0.492 e. The molecule has 188 valence electrons. The van der Waals surface area contributed by atoms with Gasteiger partial charge >= 0.3 is 0 Å². The summed E-state index contributed by atoms with van der Waals surface area (Å²) >= 11 is 6.26. The van der Waals surface area contributed by atoms with Crippen molar-refractivity contribution in [1.82, 2.24) is 14.5 Å². The van der Waals surface area contributed by atoms with Gasteiger partial charge in [-0.1, -0.05) is 36.7 Å². The molecular formula is C28H36ClN3O3. The standard InChI is InChI=1S/C28H36ClN3O3/c1-3-27-30-12-15-32(27)16-17-34-24-7-4-6-23(19-24)20-31-13-5-10-28(33,11-14-31)21-35-26-18-22(2)8-9-25(26)29/h4,6-9,12,15,18-19,33H,3,5,10-11,13-14,16-17,20-21H2,1-2H3/t28-/m0/s1. The summed E-state index contributed by atoms with van der Waals surface area (Å²) in [6.07, 6.45) is 7.05. The van der Waals surface area contributed by atoms with Crippen molar-refractivity contribution in [1.29, 1.82) is 0 Å². The molecular weight excluding hydrogens is 462 g/mol. The highest BCUT2D eigenvalue weighted by molar-refractivity contribution is 6.32. The first-order chi connectivity index (χ1) is 16.9. The Bertz CT molecular complexity index is 1100. The Morgan fingerprint density at radius 3 is 2.86 bits per heavy atom. The number of hydrogen-bond donors (Lipinski definition) is 1. The van der Waals surface area contributed by atoms with E-state index in [1.165, 1.54) is 5.56 Å². The number of aromatic nitrogens is 2. The molecule has 2 heterocycles. The van der Waals surface area contributed by atoms with Gasteiger partial charge in [0, 0.05) is 31.9 Å². The number of benzene rings is 2. The van der Waals surface area contributed by atoms with E-state index in [-0.39, 0.29) is 6.61 Å². The Balaban J connectivity index is 1.27. The third kappa shape index (κ3) is 7.23. The van der Waals surface area contributed by atoms with Gasteiger partial charge in [0.15, 0.2) is 0 Å². The van der Waals surface area contributed by atoms with Crippen LogP contribution in [-0.4, -0.2) is 51.5 Å². The summed E-state index contributed by atoms with van der Waals surface area (Å²) in [5.74, 6) is 2.60. The Morgan fingerprint density at radius 2 is 2.00 bits per heavy atom. The van der Waals surface area contributed by atoms with Crippen LogP contribution < -0.4 is 9.47 Å². The Morgan fingerprint density at radius 1 is 1.11 bits per heavy atom. The summed E-state index contributed by atoms with van der Waals surface area (Å²) in [5.41, 5.74) is 1.45. The third-order valence-corrected chi connectivity index (χ3v) is 6.93. The molecule has 1 aliphatic rings. The van der Waals surface area contributed by atoms with Crippen molar-refractivity contribution in [2.45, 2.75) is 58.2 Å². The molecule has 1 fully saturated rings. The van der Waals surface area contributed by atoms with Gasteiger partial charge in [-0.3, -0.25) is 4.90 Å². The number of rotatable bonds is 10. The second-order valence-corrected chi connectivity index (χ2v) is 9.87. The lowest BCUT2D eigenvalue weighted by Gasteiger charge is -2.27. The Labute approximate surface area is 213 Å². The fraction of sp³-hybridized carbons (Fsp3) is 0.464. The third-order valence-electron chi connectivity index (χ3n) is 6.62. The quantitative estimate of drug-likeness (QED) is 0.413. The van der Waals surface area contributed by atoms with Crippen LogP contribution in [0.2, 0.25) is 5.02 Å². The monoisotopic (exact) mass is 497 g/mol. The van der Waals surface area contributed by atoms with Gasteiger partial charge < -0.3 is 19.1 Å². The van der Waals surface area contributed by atoms with Crippen LogP contribution in [0.4, 0.5) is 0 Å². The van der Waals surface area contributed by atoms with Gasteiger partial charge in [-0.15, -0.1) is 0 Å². The van der Waals surface area contributed by atoms with Crippen LogP contribution >= 0.6 is 11.6 Å². The molecule has 0 spiro atoms. The first kappa shape index (κ1) is 25.5. The number of hydrogen-bond acceptors (Lipinski definition) is 5. The van der Waals surface area contributed by atoms with Crippen molar-refractivity contribution in [2.24, 2.45) is 0 Å². The van der Waals surface area contributed by atoms with Crippen LogP contribution in [0.15, 0.2) is 54.9 Å². The number of likely N-dealkylation sites (tertiary alicyclic amines) is 1. The topological polar surface area (TPSA) is 59.8 Å². The number of halogens is 1. The molecule has 0 bridgehead atoms. The number of aliphatic hydroxyl groups is 1. The molecule has 1 saturated heterocycles. The second kappa shape index (κ2) is 11.9. The second-order valence-electron chi connectivity index (χ2n) is 9.46. The highest BCUT2D eigenvalue weighted by atomic mass is 35.5. The van der Waals surface area contributed by atoms with Crippen LogP contribution in [0, 0.1) is 6.92 Å². The summed E-state index contributed by atoms with van der Waals surface area (Å²) < 4.78 is 14.1. The van der Waals surface area contributed by atoms with Gasteiger partial charge in [0.1, 0.15) is 30.5 Å². The van der Waals surface area contributed by atoms with Crippen molar-refractivity contribution in [3.63, 3.8) is 0 Å². The molecule has 0 aliphatic carbocycles. The summed E-state index contributed by atoms with van der Waals surface area (Å²) in [4.78, 5) is 6.76.